The quantitative estimate of drug-likeness (QED) is 0.185. The van der Waals surface area contributed by atoms with Crippen molar-refractivity contribution in [3.05, 3.63) is 175 Å². The highest BCUT2D eigenvalue weighted by Gasteiger charge is 2.35. The van der Waals surface area contributed by atoms with Crippen molar-refractivity contribution in [2.75, 3.05) is 4.90 Å². The van der Waals surface area contributed by atoms with Gasteiger partial charge in [0.2, 0.25) is 0 Å². The standard InChI is InChI=1S/C48H31N3/c1-3-11-30(12-4-1)31-21-25-35(26-22-31)49-39-19-9-16-36-37-17-10-20-40-46(37)48-42(28-24-32-23-27-41(49)47(44(32)48)45(36)39)51(40)43-29-33-13-7-8-18-38(33)50(43)34-14-5-2-6-15-34/h1-28,43H,29H2. The third-order valence-corrected chi connectivity index (χ3v) is 11.5. The van der Waals surface area contributed by atoms with Gasteiger partial charge >= 0.3 is 0 Å². The Kier molecular flexibility index (Phi) is 5.34. The molecule has 0 amide bonds. The van der Waals surface area contributed by atoms with Crippen molar-refractivity contribution in [1.29, 1.82) is 0 Å². The van der Waals surface area contributed by atoms with Crippen LogP contribution in [-0.2, 0) is 6.42 Å². The van der Waals surface area contributed by atoms with Crippen molar-refractivity contribution < 1.29 is 0 Å². The van der Waals surface area contributed by atoms with E-state index in [4.69, 9.17) is 0 Å². The largest absolute Gasteiger partial charge is 0.320 e. The number of aromatic nitrogens is 2. The molecule has 3 heterocycles. The molecule has 238 valence electrons. The Morgan fingerprint density at radius 2 is 0.980 bits per heavy atom. The first-order valence-electron chi connectivity index (χ1n) is 17.9. The molecular weight excluding hydrogens is 619 g/mol. The van der Waals surface area contributed by atoms with E-state index in [9.17, 15) is 0 Å². The van der Waals surface area contributed by atoms with E-state index in [0.717, 1.165) is 6.42 Å². The Morgan fingerprint density at radius 3 is 1.76 bits per heavy atom. The fraction of sp³-hybridized carbons (Fsp3) is 0.0417. The molecule has 0 radical (unpaired) electrons. The number of hydrogen-bond acceptors (Lipinski definition) is 1. The van der Waals surface area contributed by atoms with E-state index in [1.807, 2.05) is 0 Å². The summed E-state index contributed by atoms with van der Waals surface area (Å²) in [6, 6.07) is 62.8. The first-order valence-corrected chi connectivity index (χ1v) is 17.9. The second-order valence-corrected chi connectivity index (χ2v) is 14.1. The van der Waals surface area contributed by atoms with Crippen molar-refractivity contribution >= 4 is 65.8 Å². The molecule has 1 atom stereocenters. The minimum absolute atomic E-state index is 0.0964. The summed E-state index contributed by atoms with van der Waals surface area (Å²) < 4.78 is 5.12. The highest BCUT2D eigenvalue weighted by atomic mass is 15.3. The highest BCUT2D eigenvalue weighted by molar-refractivity contribution is 6.38. The summed E-state index contributed by atoms with van der Waals surface area (Å²) in [7, 11) is 0. The van der Waals surface area contributed by atoms with Crippen LogP contribution in [0.15, 0.2) is 170 Å². The topological polar surface area (TPSA) is 13.1 Å². The SMILES string of the molecule is c1ccc(-c2ccc(-n3c4cccc5c4c4c6c(ccc43)ccc3c6c4c-5cccc4n3C3Cc4ccccc4N3c3ccccc3)cc2)cc1. The van der Waals surface area contributed by atoms with Crippen LogP contribution < -0.4 is 4.90 Å². The van der Waals surface area contributed by atoms with E-state index in [1.54, 1.807) is 0 Å². The van der Waals surface area contributed by atoms with E-state index >= 15 is 0 Å². The lowest BCUT2D eigenvalue weighted by atomic mass is 9.98. The zero-order valence-electron chi connectivity index (χ0n) is 27.8. The Hall–Kier alpha value is -6.58. The third kappa shape index (κ3) is 3.57. The zero-order valence-corrected chi connectivity index (χ0v) is 27.8. The number of rotatable bonds is 4. The smallest absolute Gasteiger partial charge is 0.115 e. The van der Waals surface area contributed by atoms with E-state index in [2.05, 4.69) is 184 Å². The van der Waals surface area contributed by atoms with Crippen LogP contribution in [0.2, 0.25) is 0 Å². The predicted molar refractivity (Wildman–Crippen MR) is 213 cm³/mol. The number of hydrogen-bond donors (Lipinski definition) is 0. The molecule has 8 aromatic carbocycles. The van der Waals surface area contributed by atoms with Crippen LogP contribution >= 0.6 is 0 Å². The Labute approximate surface area is 294 Å². The van der Waals surface area contributed by atoms with Crippen LogP contribution in [0, 0.1) is 0 Å². The molecule has 0 fully saturated rings. The molecular formula is C48H31N3. The van der Waals surface area contributed by atoms with Crippen molar-refractivity contribution in [3.63, 3.8) is 0 Å². The molecule has 2 aliphatic rings. The maximum absolute atomic E-state index is 2.64. The van der Waals surface area contributed by atoms with Crippen LogP contribution in [0.25, 0.3) is 82.3 Å². The summed E-state index contributed by atoms with van der Waals surface area (Å²) >= 11 is 0. The van der Waals surface area contributed by atoms with Crippen LogP contribution in [0.3, 0.4) is 0 Å². The van der Waals surface area contributed by atoms with E-state index in [1.165, 1.54) is 99.3 Å². The van der Waals surface area contributed by atoms with Gasteiger partial charge in [-0.25, -0.2) is 0 Å². The number of anilines is 2. The second-order valence-electron chi connectivity index (χ2n) is 14.1. The summed E-state index contributed by atoms with van der Waals surface area (Å²) in [6.45, 7) is 0. The fourth-order valence-corrected chi connectivity index (χ4v) is 9.50. The van der Waals surface area contributed by atoms with Crippen molar-refractivity contribution in [3.8, 4) is 27.9 Å². The van der Waals surface area contributed by atoms with Gasteiger partial charge in [-0.1, -0.05) is 115 Å². The van der Waals surface area contributed by atoms with Gasteiger partial charge in [-0.3, -0.25) is 0 Å². The van der Waals surface area contributed by atoms with Gasteiger partial charge in [0.15, 0.2) is 0 Å². The molecule has 3 heteroatoms. The maximum atomic E-state index is 2.64. The zero-order chi connectivity index (χ0) is 33.2. The Balaban J connectivity index is 1.18. The lowest BCUT2D eigenvalue weighted by molar-refractivity contribution is 0.566. The molecule has 12 rings (SSSR count). The summed E-state index contributed by atoms with van der Waals surface area (Å²) in [4.78, 5) is 2.55. The molecule has 1 unspecified atom stereocenters. The minimum atomic E-state index is 0.0964. The van der Waals surface area contributed by atoms with Crippen molar-refractivity contribution in [2.24, 2.45) is 0 Å². The van der Waals surface area contributed by atoms with Gasteiger partial charge in [-0.15, -0.1) is 0 Å². The van der Waals surface area contributed by atoms with Gasteiger partial charge in [0.25, 0.3) is 0 Å². The number of para-hydroxylation sites is 2. The van der Waals surface area contributed by atoms with Crippen LogP contribution in [0.4, 0.5) is 11.4 Å². The monoisotopic (exact) mass is 649 g/mol. The Morgan fingerprint density at radius 1 is 0.392 bits per heavy atom. The lowest BCUT2D eigenvalue weighted by Crippen LogP contribution is -2.25. The third-order valence-electron chi connectivity index (χ3n) is 11.5. The van der Waals surface area contributed by atoms with E-state index < -0.39 is 0 Å². The number of fused-ring (bicyclic) bond motifs is 2. The molecule has 2 aromatic heterocycles. The molecule has 0 spiro atoms. The van der Waals surface area contributed by atoms with Crippen LogP contribution in [0.5, 0.6) is 0 Å². The molecule has 0 saturated carbocycles. The van der Waals surface area contributed by atoms with Gasteiger partial charge < -0.3 is 14.0 Å². The summed E-state index contributed by atoms with van der Waals surface area (Å²) in [5.41, 5.74) is 15.2. The molecule has 10 aromatic rings. The highest BCUT2D eigenvalue weighted by Crippen LogP contribution is 2.53. The van der Waals surface area contributed by atoms with Crippen molar-refractivity contribution in [2.45, 2.75) is 12.6 Å². The average Bonchev–Trinajstić information content (AvgIpc) is 3.83. The first kappa shape index (κ1) is 27.3. The van der Waals surface area contributed by atoms with Gasteiger partial charge in [-0.05, 0) is 87.8 Å². The molecule has 0 bridgehead atoms. The summed E-state index contributed by atoms with van der Waals surface area (Å²) in [5.74, 6) is 0. The summed E-state index contributed by atoms with van der Waals surface area (Å²) in [5, 5.41) is 8.05. The molecule has 1 aliphatic heterocycles. The molecule has 3 nitrogen and oxygen atoms in total. The van der Waals surface area contributed by atoms with Crippen LogP contribution in [0.1, 0.15) is 11.7 Å². The molecule has 51 heavy (non-hydrogen) atoms. The fourth-order valence-electron chi connectivity index (χ4n) is 9.50. The average molecular weight is 650 g/mol. The second kappa shape index (κ2) is 9.99. The van der Waals surface area contributed by atoms with Gasteiger partial charge in [0.1, 0.15) is 6.17 Å². The minimum Gasteiger partial charge on any atom is -0.320 e. The lowest BCUT2D eigenvalue weighted by Gasteiger charge is -2.30. The molecule has 0 N–H and O–H groups in total. The number of benzene rings is 8. The first-order chi connectivity index (χ1) is 25.3. The van der Waals surface area contributed by atoms with E-state index in [-0.39, 0.29) is 6.17 Å². The van der Waals surface area contributed by atoms with E-state index in [0.29, 0.717) is 0 Å². The normalized spacial score (nSPS) is 14.7. The number of nitrogens with zero attached hydrogens (tertiary/aromatic N) is 3. The Bertz CT molecular complexity index is 3040. The van der Waals surface area contributed by atoms with Gasteiger partial charge in [-0.2, -0.15) is 0 Å². The predicted octanol–water partition coefficient (Wildman–Crippen LogP) is 12.6. The molecule has 0 saturated heterocycles. The summed E-state index contributed by atoms with van der Waals surface area (Å²) in [6.07, 6.45) is 1.03. The van der Waals surface area contributed by atoms with Gasteiger partial charge in [0.05, 0.1) is 22.1 Å². The molecule has 1 aliphatic carbocycles. The van der Waals surface area contributed by atoms with Crippen LogP contribution in [-0.4, -0.2) is 9.13 Å². The van der Waals surface area contributed by atoms with Gasteiger partial charge in [0, 0.05) is 50.4 Å². The maximum Gasteiger partial charge on any atom is 0.115 e. The van der Waals surface area contributed by atoms with Crippen molar-refractivity contribution in [1.82, 2.24) is 9.13 Å².